The number of carbonyl (C=O) groups is 2. The molecule has 0 saturated carbocycles. The molecule has 1 aliphatic heterocycles. The van der Waals surface area contributed by atoms with Gasteiger partial charge in [0.15, 0.2) is 13.8 Å². The zero-order chi connectivity index (χ0) is 19.2. The van der Waals surface area contributed by atoms with Crippen LogP contribution in [0.15, 0.2) is 60.7 Å². The Hall–Kier alpha value is -2.40. The number of rotatable bonds is 3. The second kappa shape index (κ2) is 6.09. The van der Waals surface area contributed by atoms with Crippen molar-refractivity contribution >= 4 is 20.2 Å². The van der Waals surface area contributed by atoms with Gasteiger partial charge in [-0.2, -0.15) is 0 Å². The molecule has 3 rings (SSSR count). The lowest BCUT2D eigenvalue weighted by Gasteiger charge is -2.50. The molecule has 3 amide bonds. The zero-order valence-electron chi connectivity index (χ0n) is 16.0. The lowest BCUT2D eigenvalue weighted by molar-refractivity contribution is -0.124. The minimum absolute atomic E-state index is 0.107. The van der Waals surface area contributed by atoms with Crippen LogP contribution >= 0.6 is 0 Å². The molecule has 0 spiro atoms. The first kappa shape index (κ1) is 18.4. The van der Waals surface area contributed by atoms with Crippen LogP contribution in [0, 0.1) is 0 Å². The monoisotopic (exact) mass is 366 g/mol. The van der Waals surface area contributed by atoms with Crippen LogP contribution in [0.5, 0.6) is 0 Å². The van der Waals surface area contributed by atoms with Gasteiger partial charge in [0.25, 0.3) is 5.91 Å². The predicted octanol–water partition coefficient (Wildman–Crippen LogP) is 4.49. The second-order valence-corrected chi connectivity index (χ2v) is 13.4. The van der Waals surface area contributed by atoms with Gasteiger partial charge in [-0.15, -0.1) is 0 Å². The number of benzene rings is 2. The Morgan fingerprint density at radius 1 is 0.846 bits per heavy atom. The molecule has 1 heterocycles. The van der Waals surface area contributed by atoms with Gasteiger partial charge < -0.3 is 4.57 Å². The molecule has 136 valence electrons. The van der Waals surface area contributed by atoms with Crippen molar-refractivity contribution in [3.63, 3.8) is 0 Å². The Balaban J connectivity index is 2.38. The maximum Gasteiger partial charge on any atom is 0.317 e. The fourth-order valence-corrected chi connectivity index (χ4v) is 5.98. The number of imide groups is 1. The minimum atomic E-state index is -2.38. The third kappa shape index (κ3) is 2.50. The summed E-state index contributed by atoms with van der Waals surface area (Å²) in [5.41, 5.74) is 0.501. The highest BCUT2D eigenvalue weighted by Gasteiger charge is 2.62. The summed E-state index contributed by atoms with van der Waals surface area (Å²) in [5.74, 6) is -0.273. The molecule has 0 unspecified atom stereocenters. The van der Waals surface area contributed by atoms with Crippen molar-refractivity contribution in [2.45, 2.75) is 44.4 Å². The van der Waals surface area contributed by atoms with Gasteiger partial charge in [-0.1, -0.05) is 94.5 Å². The number of hydrogen-bond donors (Lipinski definition) is 1. The standard InChI is InChI=1S/C21H26N2O2Si/c1-20(2,3)26(4,5)23-19(25)22-18(24)21(23,16-12-8-6-9-13-16)17-14-10-7-11-15-17/h6-15H,1-5H3,(H,22,24,25). The van der Waals surface area contributed by atoms with E-state index in [1.165, 1.54) is 0 Å². The zero-order valence-corrected chi connectivity index (χ0v) is 17.0. The van der Waals surface area contributed by atoms with Gasteiger partial charge in [-0.3, -0.25) is 10.1 Å². The summed E-state index contributed by atoms with van der Waals surface area (Å²) in [7, 11) is -2.38. The topological polar surface area (TPSA) is 49.4 Å². The molecule has 1 N–H and O–H groups in total. The molecule has 2 aromatic carbocycles. The van der Waals surface area contributed by atoms with Gasteiger partial charge in [-0.25, -0.2) is 4.79 Å². The first-order valence-electron chi connectivity index (χ1n) is 8.90. The second-order valence-electron chi connectivity index (χ2n) is 8.35. The highest BCUT2D eigenvalue weighted by Crippen LogP contribution is 2.49. The van der Waals surface area contributed by atoms with Crippen LogP contribution in [-0.2, 0) is 10.3 Å². The molecular formula is C21H26N2O2Si. The van der Waals surface area contributed by atoms with Crippen molar-refractivity contribution in [3.05, 3.63) is 71.8 Å². The van der Waals surface area contributed by atoms with Crippen LogP contribution in [0.1, 0.15) is 31.9 Å². The summed E-state index contributed by atoms with van der Waals surface area (Å²) >= 11 is 0. The van der Waals surface area contributed by atoms with Crippen LogP contribution in [0.3, 0.4) is 0 Å². The summed E-state index contributed by atoms with van der Waals surface area (Å²) in [6.45, 7) is 10.8. The number of nitrogens with one attached hydrogen (secondary N) is 1. The maximum absolute atomic E-state index is 13.3. The molecule has 0 aliphatic carbocycles. The van der Waals surface area contributed by atoms with E-state index >= 15 is 0 Å². The van der Waals surface area contributed by atoms with Gasteiger partial charge in [0.1, 0.15) is 0 Å². The number of amides is 3. The molecule has 0 aromatic heterocycles. The van der Waals surface area contributed by atoms with Crippen molar-refractivity contribution in [3.8, 4) is 0 Å². The largest absolute Gasteiger partial charge is 0.330 e. The molecule has 26 heavy (non-hydrogen) atoms. The lowest BCUT2D eigenvalue weighted by Crippen LogP contribution is -2.63. The van der Waals surface area contributed by atoms with Crippen molar-refractivity contribution in [1.82, 2.24) is 9.88 Å². The van der Waals surface area contributed by atoms with Gasteiger partial charge in [-0.05, 0) is 16.2 Å². The molecular weight excluding hydrogens is 340 g/mol. The minimum Gasteiger partial charge on any atom is -0.330 e. The van der Waals surface area contributed by atoms with Crippen molar-refractivity contribution in [2.75, 3.05) is 0 Å². The number of carbonyl (C=O) groups excluding carboxylic acids is 2. The Kier molecular flexibility index (Phi) is 4.31. The van der Waals surface area contributed by atoms with E-state index in [4.69, 9.17) is 0 Å². The van der Waals surface area contributed by atoms with Crippen molar-refractivity contribution < 1.29 is 9.59 Å². The van der Waals surface area contributed by atoms with E-state index < -0.39 is 13.8 Å². The predicted molar refractivity (Wildman–Crippen MR) is 106 cm³/mol. The molecule has 0 atom stereocenters. The molecule has 2 aromatic rings. The average Bonchev–Trinajstić information content (AvgIpc) is 2.87. The summed E-state index contributed by atoms with van der Waals surface area (Å²) in [6, 6.07) is 19.0. The molecule has 1 fully saturated rings. The highest BCUT2D eigenvalue weighted by atomic mass is 28.3. The van der Waals surface area contributed by atoms with Gasteiger partial charge >= 0.3 is 6.03 Å². The molecule has 4 nitrogen and oxygen atoms in total. The first-order valence-corrected chi connectivity index (χ1v) is 11.8. The van der Waals surface area contributed by atoms with Crippen LogP contribution in [0.2, 0.25) is 18.1 Å². The summed E-state index contributed by atoms with van der Waals surface area (Å²) in [4.78, 5) is 26.4. The van der Waals surface area contributed by atoms with Crippen LogP contribution in [-0.4, -0.2) is 24.7 Å². The molecule has 0 bridgehead atoms. The fourth-order valence-electron chi connectivity index (χ4n) is 3.55. The number of nitrogens with zero attached hydrogens (tertiary/aromatic N) is 1. The lowest BCUT2D eigenvalue weighted by atomic mass is 9.83. The summed E-state index contributed by atoms with van der Waals surface area (Å²) in [6.07, 6.45) is 0. The van der Waals surface area contributed by atoms with Gasteiger partial charge in [0, 0.05) is 0 Å². The highest BCUT2D eigenvalue weighted by molar-refractivity contribution is 6.80. The fraction of sp³-hybridized carbons (Fsp3) is 0.333. The Morgan fingerprint density at radius 2 is 1.27 bits per heavy atom. The molecule has 1 aliphatic rings. The summed E-state index contributed by atoms with van der Waals surface area (Å²) < 4.78 is 1.87. The van der Waals surface area contributed by atoms with E-state index in [-0.39, 0.29) is 17.0 Å². The van der Waals surface area contributed by atoms with E-state index in [2.05, 4.69) is 39.2 Å². The Labute approximate surface area is 156 Å². The van der Waals surface area contributed by atoms with E-state index in [0.29, 0.717) is 0 Å². The molecule has 5 heteroatoms. The van der Waals surface area contributed by atoms with Crippen LogP contribution in [0.25, 0.3) is 0 Å². The van der Waals surface area contributed by atoms with Gasteiger partial charge in [0.05, 0.1) is 0 Å². The van der Waals surface area contributed by atoms with Gasteiger partial charge in [0.2, 0.25) is 0 Å². The van der Waals surface area contributed by atoms with Crippen LogP contribution < -0.4 is 5.32 Å². The molecule has 1 saturated heterocycles. The third-order valence-electron chi connectivity index (χ3n) is 5.87. The smallest absolute Gasteiger partial charge is 0.317 e. The van der Waals surface area contributed by atoms with E-state index in [1.54, 1.807) is 0 Å². The number of urea groups is 1. The average molecular weight is 367 g/mol. The SMILES string of the molecule is CC(C)(C)[Si](C)(C)N1C(=O)NC(=O)C1(c1ccccc1)c1ccccc1. The Bertz CT molecular complexity index is 787. The quantitative estimate of drug-likeness (QED) is 0.643. The van der Waals surface area contributed by atoms with Crippen molar-refractivity contribution in [1.29, 1.82) is 0 Å². The van der Waals surface area contributed by atoms with E-state index in [1.807, 2.05) is 65.2 Å². The van der Waals surface area contributed by atoms with Crippen LogP contribution in [0.4, 0.5) is 4.79 Å². The first-order chi connectivity index (χ1) is 12.1. The third-order valence-corrected chi connectivity index (χ3v) is 11.2. The maximum atomic E-state index is 13.3. The van der Waals surface area contributed by atoms with E-state index in [9.17, 15) is 9.59 Å². The summed E-state index contributed by atoms with van der Waals surface area (Å²) in [5, 5.41) is 2.51. The van der Waals surface area contributed by atoms with Crippen molar-refractivity contribution in [2.24, 2.45) is 0 Å². The molecule has 0 radical (unpaired) electrons. The van der Waals surface area contributed by atoms with E-state index in [0.717, 1.165) is 11.1 Å². The number of hydrogen-bond acceptors (Lipinski definition) is 2. The Morgan fingerprint density at radius 3 is 1.65 bits per heavy atom. The normalized spacial score (nSPS) is 17.3.